The summed E-state index contributed by atoms with van der Waals surface area (Å²) in [6, 6.07) is 14.6. The molecule has 21 heavy (non-hydrogen) atoms. The number of amidine groups is 1. The van der Waals surface area contributed by atoms with Crippen molar-refractivity contribution in [2.24, 2.45) is 10.1 Å². The van der Waals surface area contributed by atoms with Gasteiger partial charge in [-0.15, -0.1) is 12.4 Å². The molecule has 1 N–H and O–H groups in total. The van der Waals surface area contributed by atoms with Crippen molar-refractivity contribution in [1.29, 1.82) is 0 Å². The molecule has 1 aliphatic heterocycles. The second-order valence-corrected chi connectivity index (χ2v) is 5.08. The molecule has 4 heteroatoms. The second-order valence-electron chi connectivity index (χ2n) is 5.08. The number of fused-ring (bicyclic) bond motifs is 1. The van der Waals surface area contributed by atoms with E-state index in [2.05, 4.69) is 58.0 Å². The Labute approximate surface area is 131 Å². The molecular weight excluding hydrogens is 282 g/mol. The maximum Gasteiger partial charge on any atom is 0.117 e. The minimum Gasteiger partial charge on any atom is -0.271 e. The summed E-state index contributed by atoms with van der Waals surface area (Å²) in [5.74, 6) is 1.01. The highest BCUT2D eigenvalue weighted by Crippen LogP contribution is 2.16. The van der Waals surface area contributed by atoms with Crippen molar-refractivity contribution in [2.45, 2.75) is 25.7 Å². The van der Waals surface area contributed by atoms with Gasteiger partial charge in [0.2, 0.25) is 0 Å². The van der Waals surface area contributed by atoms with Crippen LogP contribution in [0.5, 0.6) is 0 Å². The molecule has 0 bridgehead atoms. The predicted octanol–water partition coefficient (Wildman–Crippen LogP) is 4.16. The van der Waals surface area contributed by atoms with E-state index in [4.69, 9.17) is 0 Å². The first kappa shape index (κ1) is 15.5. The van der Waals surface area contributed by atoms with E-state index in [1.165, 1.54) is 30.0 Å². The average Bonchev–Trinajstić information content (AvgIpc) is 2.76. The van der Waals surface area contributed by atoms with E-state index in [0.29, 0.717) is 0 Å². The first-order valence-corrected chi connectivity index (χ1v) is 7.24. The molecule has 0 atom stereocenters. The highest BCUT2D eigenvalue weighted by Gasteiger charge is 2.02. The number of aliphatic imine (C=N–C) groups is 1. The van der Waals surface area contributed by atoms with Gasteiger partial charge < -0.3 is 0 Å². The van der Waals surface area contributed by atoms with Gasteiger partial charge in [-0.1, -0.05) is 48.9 Å². The Bertz CT molecular complexity index is 644. The Balaban J connectivity index is 0.00000161. The van der Waals surface area contributed by atoms with Crippen LogP contribution in [0.1, 0.15) is 31.2 Å². The molecule has 0 aromatic heterocycles. The number of rotatable bonds is 2. The molecule has 0 radical (unpaired) electrons. The SMILES string of the molecule is C(=N\NC1=NCCCCC1)/c1cccc2ccccc12.Cl. The summed E-state index contributed by atoms with van der Waals surface area (Å²) in [5.41, 5.74) is 4.22. The predicted molar refractivity (Wildman–Crippen MR) is 92.7 cm³/mol. The van der Waals surface area contributed by atoms with E-state index in [1.807, 2.05) is 6.21 Å². The van der Waals surface area contributed by atoms with Crippen LogP contribution in [0.2, 0.25) is 0 Å². The topological polar surface area (TPSA) is 36.8 Å². The number of hydrazone groups is 1. The number of nitrogens with zero attached hydrogens (tertiary/aromatic N) is 2. The molecule has 0 unspecified atom stereocenters. The lowest BCUT2D eigenvalue weighted by Crippen LogP contribution is -2.17. The molecule has 3 rings (SSSR count). The minimum absolute atomic E-state index is 0. The third-order valence-electron chi connectivity index (χ3n) is 3.59. The van der Waals surface area contributed by atoms with Crippen LogP contribution in [0.25, 0.3) is 10.8 Å². The molecular formula is C17H20ClN3. The smallest absolute Gasteiger partial charge is 0.117 e. The van der Waals surface area contributed by atoms with Crippen molar-refractivity contribution < 1.29 is 0 Å². The summed E-state index contributed by atoms with van der Waals surface area (Å²) in [4.78, 5) is 4.51. The van der Waals surface area contributed by atoms with Crippen LogP contribution < -0.4 is 5.43 Å². The van der Waals surface area contributed by atoms with Gasteiger partial charge in [-0.05, 0) is 23.6 Å². The van der Waals surface area contributed by atoms with Gasteiger partial charge in [0.25, 0.3) is 0 Å². The van der Waals surface area contributed by atoms with Crippen LogP contribution in [0.4, 0.5) is 0 Å². The van der Waals surface area contributed by atoms with E-state index < -0.39 is 0 Å². The van der Waals surface area contributed by atoms with Gasteiger partial charge in [0.15, 0.2) is 0 Å². The summed E-state index contributed by atoms with van der Waals surface area (Å²) in [6.45, 7) is 0.923. The Morgan fingerprint density at radius 1 is 1.00 bits per heavy atom. The van der Waals surface area contributed by atoms with Crippen molar-refractivity contribution in [3.05, 3.63) is 48.0 Å². The lowest BCUT2D eigenvalue weighted by Gasteiger charge is -2.03. The van der Waals surface area contributed by atoms with E-state index in [9.17, 15) is 0 Å². The quantitative estimate of drug-likeness (QED) is 0.656. The molecule has 0 saturated carbocycles. The molecule has 0 spiro atoms. The molecule has 0 aliphatic carbocycles. The molecule has 2 aromatic rings. The van der Waals surface area contributed by atoms with E-state index in [1.54, 1.807) is 0 Å². The Kier molecular flexibility index (Phi) is 5.76. The van der Waals surface area contributed by atoms with Gasteiger partial charge in [-0.25, -0.2) is 0 Å². The fourth-order valence-corrected chi connectivity index (χ4v) is 2.50. The molecule has 1 heterocycles. The zero-order valence-electron chi connectivity index (χ0n) is 12.0. The summed E-state index contributed by atoms with van der Waals surface area (Å²) >= 11 is 0. The summed E-state index contributed by atoms with van der Waals surface area (Å²) in [6.07, 6.45) is 6.55. The lowest BCUT2D eigenvalue weighted by molar-refractivity contribution is 0.729. The second kappa shape index (κ2) is 7.79. The number of halogens is 1. The summed E-state index contributed by atoms with van der Waals surface area (Å²) < 4.78 is 0. The number of hydrogen-bond donors (Lipinski definition) is 1. The highest BCUT2D eigenvalue weighted by molar-refractivity contribution is 6.00. The molecule has 3 nitrogen and oxygen atoms in total. The highest BCUT2D eigenvalue weighted by atomic mass is 35.5. The normalized spacial score (nSPS) is 15.3. The van der Waals surface area contributed by atoms with Crippen molar-refractivity contribution >= 4 is 35.2 Å². The van der Waals surface area contributed by atoms with E-state index in [-0.39, 0.29) is 12.4 Å². The van der Waals surface area contributed by atoms with Crippen LogP contribution in [0, 0.1) is 0 Å². The Morgan fingerprint density at radius 3 is 2.81 bits per heavy atom. The van der Waals surface area contributed by atoms with Gasteiger partial charge >= 0.3 is 0 Å². The molecule has 0 fully saturated rings. The maximum atomic E-state index is 4.51. The first-order valence-electron chi connectivity index (χ1n) is 7.24. The van der Waals surface area contributed by atoms with E-state index in [0.717, 1.165) is 24.4 Å². The minimum atomic E-state index is 0. The van der Waals surface area contributed by atoms with Crippen molar-refractivity contribution in [1.82, 2.24) is 5.43 Å². The van der Waals surface area contributed by atoms with Crippen LogP contribution in [0.15, 0.2) is 52.6 Å². The Morgan fingerprint density at radius 2 is 1.86 bits per heavy atom. The van der Waals surface area contributed by atoms with Crippen molar-refractivity contribution in [3.63, 3.8) is 0 Å². The van der Waals surface area contributed by atoms with Gasteiger partial charge in [0, 0.05) is 18.5 Å². The van der Waals surface area contributed by atoms with Crippen molar-refractivity contribution in [2.75, 3.05) is 6.54 Å². The fourth-order valence-electron chi connectivity index (χ4n) is 2.50. The van der Waals surface area contributed by atoms with Crippen LogP contribution in [0.3, 0.4) is 0 Å². The van der Waals surface area contributed by atoms with Crippen LogP contribution in [-0.2, 0) is 0 Å². The van der Waals surface area contributed by atoms with Gasteiger partial charge in [0.05, 0.1) is 6.21 Å². The summed E-state index contributed by atoms with van der Waals surface area (Å²) in [7, 11) is 0. The summed E-state index contributed by atoms with van der Waals surface area (Å²) in [5, 5.41) is 6.82. The largest absolute Gasteiger partial charge is 0.271 e. The van der Waals surface area contributed by atoms with Crippen molar-refractivity contribution in [3.8, 4) is 0 Å². The Hall–Kier alpha value is -1.87. The monoisotopic (exact) mass is 301 g/mol. The van der Waals surface area contributed by atoms with E-state index >= 15 is 0 Å². The molecule has 0 saturated heterocycles. The maximum absolute atomic E-state index is 4.51. The first-order chi connectivity index (χ1) is 9.93. The third-order valence-corrected chi connectivity index (χ3v) is 3.59. The van der Waals surface area contributed by atoms with Crippen LogP contribution >= 0.6 is 12.4 Å². The molecule has 1 aliphatic rings. The van der Waals surface area contributed by atoms with Gasteiger partial charge in [-0.2, -0.15) is 5.10 Å². The number of benzene rings is 2. The van der Waals surface area contributed by atoms with Gasteiger partial charge in [0.1, 0.15) is 5.84 Å². The fraction of sp³-hybridized carbons (Fsp3) is 0.294. The lowest BCUT2D eigenvalue weighted by atomic mass is 10.1. The average molecular weight is 302 g/mol. The number of nitrogens with one attached hydrogen (secondary N) is 1. The zero-order chi connectivity index (χ0) is 13.6. The zero-order valence-corrected chi connectivity index (χ0v) is 12.8. The van der Waals surface area contributed by atoms with Gasteiger partial charge in [-0.3, -0.25) is 10.4 Å². The molecule has 2 aromatic carbocycles. The molecule has 0 amide bonds. The molecule has 110 valence electrons. The van der Waals surface area contributed by atoms with Crippen LogP contribution in [-0.4, -0.2) is 18.6 Å². The third kappa shape index (κ3) is 4.05. The standard InChI is InChI=1S/C17H19N3.ClH/c1-2-11-17(18-12-5-1)20-19-13-15-9-6-8-14-7-3-4-10-16(14)15;/h3-4,6-10,13H,1-2,5,11-12H2,(H,18,20);1H/b19-13+;. The number of hydrogen-bond acceptors (Lipinski definition) is 3.